The number of nitrogens with one attached hydrogen (secondary N) is 2. The number of hydrogen-bond acceptors (Lipinski definition) is 6. The number of nitrogen functional groups attached to an aromatic ring is 1. The lowest BCUT2D eigenvalue weighted by Crippen LogP contribution is -2.15. The number of nitro groups is 1. The van der Waals surface area contributed by atoms with Crippen molar-refractivity contribution in [2.75, 3.05) is 16.4 Å². The van der Waals surface area contributed by atoms with E-state index in [9.17, 15) is 14.9 Å². The highest BCUT2D eigenvalue weighted by Gasteiger charge is 2.11. The topological polar surface area (TPSA) is 134 Å². The van der Waals surface area contributed by atoms with Crippen molar-refractivity contribution < 1.29 is 9.72 Å². The van der Waals surface area contributed by atoms with Crippen LogP contribution in [0.15, 0.2) is 54.2 Å². The second kappa shape index (κ2) is 7.81. The number of benzene rings is 2. The molecule has 0 aliphatic carbocycles. The lowest BCUT2D eigenvalue weighted by Gasteiger charge is -2.07. The van der Waals surface area contributed by atoms with E-state index in [4.69, 9.17) is 22.6 Å². The van der Waals surface area contributed by atoms with Crippen molar-refractivity contribution in [3.05, 3.63) is 69.4 Å². The second-order valence-corrected chi connectivity index (χ2v) is 5.22. The SMILES string of the molecule is N#C/C(=C/Nc1ccc([N+](=O)[O-])cc1)C(=O)Nc1ccc(N)cc1Cl. The summed E-state index contributed by atoms with van der Waals surface area (Å²) in [4.78, 5) is 22.2. The summed E-state index contributed by atoms with van der Waals surface area (Å²) in [6, 6.07) is 11.8. The van der Waals surface area contributed by atoms with Gasteiger partial charge in [-0.3, -0.25) is 14.9 Å². The second-order valence-electron chi connectivity index (χ2n) is 4.81. The number of amides is 1. The first-order valence-corrected chi connectivity index (χ1v) is 7.26. The van der Waals surface area contributed by atoms with Crippen LogP contribution >= 0.6 is 11.6 Å². The first-order chi connectivity index (χ1) is 11.9. The molecule has 0 bridgehead atoms. The van der Waals surface area contributed by atoms with Crippen LogP contribution in [0.3, 0.4) is 0 Å². The molecule has 1 amide bonds. The molecule has 0 saturated heterocycles. The normalized spacial score (nSPS) is 10.6. The van der Waals surface area contributed by atoms with Crippen LogP contribution in [0.1, 0.15) is 0 Å². The van der Waals surface area contributed by atoms with Crippen molar-refractivity contribution in [3.63, 3.8) is 0 Å². The van der Waals surface area contributed by atoms with Crippen LogP contribution in [0.4, 0.5) is 22.7 Å². The highest BCUT2D eigenvalue weighted by atomic mass is 35.5. The molecule has 0 atom stereocenters. The Kier molecular flexibility index (Phi) is 5.55. The molecule has 126 valence electrons. The first-order valence-electron chi connectivity index (χ1n) is 6.88. The van der Waals surface area contributed by atoms with E-state index in [0.29, 0.717) is 17.1 Å². The smallest absolute Gasteiger partial charge is 0.269 e. The summed E-state index contributed by atoms with van der Waals surface area (Å²) in [5.74, 6) is -0.663. The molecule has 2 rings (SSSR count). The molecule has 0 spiro atoms. The van der Waals surface area contributed by atoms with Crippen LogP contribution < -0.4 is 16.4 Å². The first kappa shape index (κ1) is 17.8. The molecule has 0 aliphatic rings. The fourth-order valence-corrected chi connectivity index (χ4v) is 2.04. The standard InChI is InChI=1S/C16H12ClN5O3/c17-14-7-11(19)1-6-15(14)21-16(23)10(8-18)9-20-12-2-4-13(5-3-12)22(24)25/h1-7,9,20H,19H2,(H,21,23)/b10-9-. The predicted molar refractivity (Wildman–Crippen MR) is 94.9 cm³/mol. The molecular weight excluding hydrogens is 346 g/mol. The van der Waals surface area contributed by atoms with Gasteiger partial charge in [-0.25, -0.2) is 0 Å². The van der Waals surface area contributed by atoms with Gasteiger partial charge in [0.15, 0.2) is 0 Å². The van der Waals surface area contributed by atoms with E-state index in [1.807, 2.05) is 0 Å². The maximum absolute atomic E-state index is 12.1. The van der Waals surface area contributed by atoms with Gasteiger partial charge >= 0.3 is 0 Å². The van der Waals surface area contributed by atoms with E-state index in [-0.39, 0.29) is 16.3 Å². The zero-order chi connectivity index (χ0) is 18.4. The average molecular weight is 358 g/mol. The van der Waals surface area contributed by atoms with Crippen LogP contribution in [-0.4, -0.2) is 10.8 Å². The summed E-state index contributed by atoms with van der Waals surface area (Å²) in [6.07, 6.45) is 1.20. The van der Waals surface area contributed by atoms with Gasteiger partial charge in [-0.15, -0.1) is 0 Å². The van der Waals surface area contributed by atoms with Gasteiger partial charge in [0.05, 0.1) is 15.6 Å². The minimum atomic E-state index is -0.663. The van der Waals surface area contributed by atoms with Crippen LogP contribution in [0.25, 0.3) is 0 Å². The molecule has 2 aromatic rings. The highest BCUT2D eigenvalue weighted by Crippen LogP contribution is 2.24. The Morgan fingerprint density at radius 2 is 1.96 bits per heavy atom. The zero-order valence-corrected chi connectivity index (χ0v) is 13.4. The van der Waals surface area contributed by atoms with Crippen LogP contribution in [0.2, 0.25) is 5.02 Å². The van der Waals surface area contributed by atoms with E-state index in [1.54, 1.807) is 12.1 Å². The third-order valence-electron chi connectivity index (χ3n) is 3.07. The Morgan fingerprint density at radius 3 is 2.52 bits per heavy atom. The molecule has 0 aromatic heterocycles. The monoisotopic (exact) mass is 357 g/mol. The number of nitriles is 1. The third kappa shape index (κ3) is 4.70. The van der Waals surface area contributed by atoms with E-state index < -0.39 is 10.8 Å². The largest absolute Gasteiger partial charge is 0.399 e. The Balaban J connectivity index is 2.09. The maximum atomic E-state index is 12.1. The molecule has 0 saturated carbocycles. The average Bonchev–Trinajstić information content (AvgIpc) is 2.58. The van der Waals surface area contributed by atoms with Crippen molar-refractivity contribution in [1.29, 1.82) is 5.26 Å². The Hall–Kier alpha value is -3.57. The molecule has 25 heavy (non-hydrogen) atoms. The minimum Gasteiger partial charge on any atom is -0.399 e. The predicted octanol–water partition coefficient (Wildman–Crippen LogP) is 3.29. The number of carbonyl (C=O) groups is 1. The number of rotatable bonds is 5. The van der Waals surface area contributed by atoms with Gasteiger partial charge in [-0.2, -0.15) is 5.26 Å². The molecule has 9 heteroatoms. The molecule has 0 radical (unpaired) electrons. The lowest BCUT2D eigenvalue weighted by molar-refractivity contribution is -0.384. The number of hydrogen-bond donors (Lipinski definition) is 3. The number of carbonyl (C=O) groups excluding carboxylic acids is 1. The van der Waals surface area contributed by atoms with E-state index in [1.165, 1.54) is 42.6 Å². The quantitative estimate of drug-likeness (QED) is 0.247. The van der Waals surface area contributed by atoms with Gasteiger partial charge < -0.3 is 16.4 Å². The summed E-state index contributed by atoms with van der Waals surface area (Å²) < 4.78 is 0. The number of non-ortho nitro benzene ring substituents is 1. The van der Waals surface area contributed by atoms with E-state index in [2.05, 4.69) is 10.6 Å². The molecule has 4 N–H and O–H groups in total. The van der Waals surface area contributed by atoms with Gasteiger partial charge in [0, 0.05) is 29.7 Å². The number of halogens is 1. The summed E-state index contributed by atoms with van der Waals surface area (Å²) in [5.41, 5.74) is 6.55. The summed E-state index contributed by atoms with van der Waals surface area (Å²) in [7, 11) is 0. The Morgan fingerprint density at radius 1 is 1.28 bits per heavy atom. The summed E-state index contributed by atoms with van der Waals surface area (Å²) in [5, 5.41) is 25.2. The van der Waals surface area contributed by atoms with Gasteiger partial charge in [0.2, 0.25) is 0 Å². The Labute approximate surface area is 147 Å². The zero-order valence-electron chi connectivity index (χ0n) is 12.7. The van der Waals surface area contributed by atoms with Gasteiger partial charge in [0.1, 0.15) is 11.6 Å². The molecule has 8 nitrogen and oxygen atoms in total. The molecule has 2 aromatic carbocycles. The fourth-order valence-electron chi connectivity index (χ4n) is 1.81. The molecule has 0 fully saturated rings. The van der Waals surface area contributed by atoms with Gasteiger partial charge in [-0.1, -0.05) is 11.6 Å². The lowest BCUT2D eigenvalue weighted by atomic mass is 10.2. The number of nitrogens with two attached hydrogens (primary N) is 1. The van der Waals surface area contributed by atoms with Crippen molar-refractivity contribution in [2.24, 2.45) is 0 Å². The Bertz CT molecular complexity index is 888. The van der Waals surface area contributed by atoms with Crippen molar-refractivity contribution in [1.82, 2.24) is 0 Å². The van der Waals surface area contributed by atoms with Crippen LogP contribution in [0, 0.1) is 21.4 Å². The van der Waals surface area contributed by atoms with Crippen LogP contribution in [-0.2, 0) is 4.79 Å². The molecular formula is C16H12ClN5O3. The fraction of sp³-hybridized carbons (Fsp3) is 0. The maximum Gasteiger partial charge on any atom is 0.269 e. The van der Waals surface area contributed by atoms with Gasteiger partial charge in [0.25, 0.3) is 11.6 Å². The van der Waals surface area contributed by atoms with Crippen LogP contribution in [0.5, 0.6) is 0 Å². The van der Waals surface area contributed by atoms with E-state index in [0.717, 1.165) is 0 Å². The van der Waals surface area contributed by atoms with Crippen molar-refractivity contribution >= 4 is 40.3 Å². The number of anilines is 3. The molecule has 0 aliphatic heterocycles. The summed E-state index contributed by atoms with van der Waals surface area (Å²) in [6.45, 7) is 0. The van der Waals surface area contributed by atoms with Crippen molar-refractivity contribution in [3.8, 4) is 6.07 Å². The summed E-state index contributed by atoms with van der Waals surface area (Å²) >= 11 is 5.97. The number of nitrogens with zero attached hydrogens (tertiary/aromatic N) is 2. The van der Waals surface area contributed by atoms with Crippen molar-refractivity contribution in [2.45, 2.75) is 0 Å². The molecule has 0 heterocycles. The molecule has 0 unspecified atom stereocenters. The van der Waals surface area contributed by atoms with Gasteiger partial charge in [-0.05, 0) is 30.3 Å². The highest BCUT2D eigenvalue weighted by molar-refractivity contribution is 6.34. The third-order valence-corrected chi connectivity index (χ3v) is 3.38. The minimum absolute atomic E-state index is 0.0641. The number of nitro benzene ring substituents is 1. The van der Waals surface area contributed by atoms with E-state index >= 15 is 0 Å².